The number of carbonyl (C=O) groups excluding carboxylic acids is 1. The number of amides is 1. The van der Waals surface area contributed by atoms with Crippen LogP contribution in [0.15, 0.2) is 23.4 Å². The minimum atomic E-state index is -3.68. The van der Waals surface area contributed by atoms with Crippen LogP contribution in [0.4, 0.5) is 5.69 Å². The van der Waals surface area contributed by atoms with E-state index in [2.05, 4.69) is 10.3 Å². The van der Waals surface area contributed by atoms with E-state index in [-0.39, 0.29) is 29.9 Å². The van der Waals surface area contributed by atoms with Gasteiger partial charge in [0.05, 0.1) is 24.9 Å². The minimum absolute atomic E-state index is 0.0306. The first-order valence-corrected chi connectivity index (χ1v) is 11.2. The van der Waals surface area contributed by atoms with E-state index in [1.165, 1.54) is 24.7 Å². The number of anilines is 1. The smallest absolute Gasteiger partial charge is 0.262 e. The molecule has 11 heteroatoms. The average molecular weight is 457 g/mol. The van der Waals surface area contributed by atoms with Crippen molar-refractivity contribution in [3.63, 3.8) is 0 Å². The summed E-state index contributed by atoms with van der Waals surface area (Å²) in [5.41, 5.74) is 0.437. The molecule has 0 atom stereocenters. The SMILES string of the molecule is COc1cc(OC)c(NC(=O)C2CCN(S(=O)(=O)c3cn(C)c(C)n3)CC2)cc1Cl. The molecule has 30 heavy (non-hydrogen) atoms. The molecule has 0 aliphatic carbocycles. The van der Waals surface area contributed by atoms with Crippen LogP contribution in [0, 0.1) is 12.8 Å². The summed E-state index contributed by atoms with van der Waals surface area (Å²) in [6.07, 6.45) is 2.31. The van der Waals surface area contributed by atoms with E-state index in [0.717, 1.165) is 0 Å². The van der Waals surface area contributed by atoms with Crippen LogP contribution in [-0.2, 0) is 21.9 Å². The van der Waals surface area contributed by atoms with Crippen molar-refractivity contribution in [3.05, 3.63) is 29.2 Å². The second-order valence-corrected chi connectivity index (χ2v) is 9.38. The molecule has 1 aromatic heterocycles. The quantitative estimate of drug-likeness (QED) is 0.716. The van der Waals surface area contributed by atoms with Crippen molar-refractivity contribution in [1.82, 2.24) is 13.9 Å². The molecule has 2 heterocycles. The molecule has 0 radical (unpaired) electrons. The van der Waals surface area contributed by atoms with Gasteiger partial charge in [-0.05, 0) is 25.8 Å². The van der Waals surface area contributed by atoms with E-state index in [1.54, 1.807) is 30.7 Å². The van der Waals surface area contributed by atoms with E-state index < -0.39 is 10.0 Å². The number of benzene rings is 1. The third-order valence-corrected chi connectivity index (χ3v) is 7.31. The number of hydrogen-bond acceptors (Lipinski definition) is 6. The van der Waals surface area contributed by atoms with Gasteiger partial charge in [-0.3, -0.25) is 4.79 Å². The Bertz CT molecular complexity index is 1030. The highest BCUT2D eigenvalue weighted by Crippen LogP contribution is 2.36. The van der Waals surface area contributed by atoms with Gasteiger partial charge in [-0.15, -0.1) is 0 Å². The number of hydrogen-bond donors (Lipinski definition) is 1. The van der Waals surface area contributed by atoms with Crippen LogP contribution in [0.1, 0.15) is 18.7 Å². The van der Waals surface area contributed by atoms with E-state index in [1.807, 2.05) is 0 Å². The molecular formula is C19H25ClN4O5S. The molecule has 1 saturated heterocycles. The molecule has 1 fully saturated rings. The molecule has 0 unspecified atom stereocenters. The predicted molar refractivity (Wildman–Crippen MR) is 113 cm³/mol. The summed E-state index contributed by atoms with van der Waals surface area (Å²) in [6, 6.07) is 3.17. The minimum Gasteiger partial charge on any atom is -0.495 e. The fourth-order valence-corrected chi connectivity index (χ4v) is 5.07. The summed E-state index contributed by atoms with van der Waals surface area (Å²) in [6.45, 7) is 2.24. The van der Waals surface area contributed by atoms with Gasteiger partial charge >= 0.3 is 0 Å². The third kappa shape index (κ3) is 4.40. The van der Waals surface area contributed by atoms with Crippen LogP contribution in [0.2, 0.25) is 5.02 Å². The maximum Gasteiger partial charge on any atom is 0.262 e. The first kappa shape index (κ1) is 22.4. The maximum absolute atomic E-state index is 12.8. The third-order valence-electron chi connectivity index (χ3n) is 5.25. The number of imidazole rings is 1. The highest BCUT2D eigenvalue weighted by molar-refractivity contribution is 7.89. The Balaban J connectivity index is 1.67. The summed E-state index contributed by atoms with van der Waals surface area (Å²) in [4.78, 5) is 16.9. The van der Waals surface area contributed by atoms with Crippen LogP contribution in [0.25, 0.3) is 0 Å². The lowest BCUT2D eigenvalue weighted by molar-refractivity contribution is -0.120. The highest BCUT2D eigenvalue weighted by Gasteiger charge is 2.33. The number of methoxy groups -OCH3 is 2. The number of nitrogens with one attached hydrogen (secondary N) is 1. The lowest BCUT2D eigenvalue weighted by atomic mass is 9.97. The standard InChI is InChI=1S/C19H25ClN4O5S/c1-12-21-18(11-23(12)2)30(26,27)24-7-5-13(6-8-24)19(25)22-15-9-14(20)16(28-3)10-17(15)29-4/h9-11,13H,5-8H2,1-4H3,(H,22,25). The largest absolute Gasteiger partial charge is 0.495 e. The zero-order valence-corrected chi connectivity index (χ0v) is 18.9. The fraction of sp³-hybridized carbons (Fsp3) is 0.474. The normalized spacial score (nSPS) is 15.8. The number of aromatic nitrogens is 2. The van der Waals surface area contributed by atoms with Gasteiger partial charge in [-0.2, -0.15) is 4.31 Å². The Kier molecular flexibility index (Phi) is 6.59. The summed E-state index contributed by atoms with van der Waals surface area (Å²) in [5, 5.41) is 3.21. The maximum atomic E-state index is 12.8. The monoisotopic (exact) mass is 456 g/mol. The zero-order valence-electron chi connectivity index (χ0n) is 17.3. The van der Waals surface area contributed by atoms with Crippen molar-refractivity contribution in [3.8, 4) is 11.5 Å². The highest BCUT2D eigenvalue weighted by atomic mass is 35.5. The first-order chi connectivity index (χ1) is 14.2. The first-order valence-electron chi connectivity index (χ1n) is 9.40. The van der Waals surface area contributed by atoms with Gasteiger partial charge in [-0.25, -0.2) is 13.4 Å². The summed E-state index contributed by atoms with van der Waals surface area (Å²) in [7, 11) is 1.05. The Morgan fingerprint density at radius 3 is 2.37 bits per heavy atom. The summed E-state index contributed by atoms with van der Waals surface area (Å²) in [5.74, 6) is 0.952. The van der Waals surface area contributed by atoms with Crippen molar-refractivity contribution in [2.45, 2.75) is 24.8 Å². The molecule has 1 aliphatic rings. The number of carbonyl (C=O) groups is 1. The molecule has 1 N–H and O–H groups in total. The average Bonchev–Trinajstić information content (AvgIpc) is 3.07. The van der Waals surface area contributed by atoms with Crippen LogP contribution >= 0.6 is 11.6 Å². The van der Waals surface area contributed by atoms with Crippen molar-refractivity contribution in [2.75, 3.05) is 32.6 Å². The second-order valence-electron chi connectivity index (χ2n) is 7.09. The van der Waals surface area contributed by atoms with E-state index in [0.29, 0.717) is 40.9 Å². The molecule has 9 nitrogen and oxygen atoms in total. The van der Waals surface area contributed by atoms with Crippen molar-refractivity contribution in [1.29, 1.82) is 0 Å². The molecule has 0 bridgehead atoms. The Labute approximate surface area is 181 Å². The number of sulfonamides is 1. The van der Waals surface area contributed by atoms with Crippen LogP contribution in [-0.4, -0.2) is 55.5 Å². The molecule has 0 spiro atoms. The molecule has 1 aliphatic heterocycles. The van der Waals surface area contributed by atoms with Crippen LogP contribution < -0.4 is 14.8 Å². The number of piperidine rings is 1. The molecular weight excluding hydrogens is 432 g/mol. The van der Waals surface area contributed by atoms with Crippen molar-refractivity contribution < 1.29 is 22.7 Å². The molecule has 1 aromatic carbocycles. The topological polar surface area (TPSA) is 103 Å². The molecule has 1 amide bonds. The Morgan fingerprint density at radius 2 is 1.83 bits per heavy atom. The lowest BCUT2D eigenvalue weighted by Gasteiger charge is -2.30. The molecule has 0 saturated carbocycles. The van der Waals surface area contributed by atoms with Crippen LogP contribution in [0.3, 0.4) is 0 Å². The fourth-order valence-electron chi connectivity index (χ4n) is 3.33. The van der Waals surface area contributed by atoms with E-state index in [9.17, 15) is 13.2 Å². The van der Waals surface area contributed by atoms with Gasteiger partial charge in [0, 0.05) is 38.3 Å². The lowest BCUT2D eigenvalue weighted by Crippen LogP contribution is -2.41. The number of nitrogens with zero attached hydrogens (tertiary/aromatic N) is 3. The number of aryl methyl sites for hydroxylation is 2. The van der Waals surface area contributed by atoms with Crippen LogP contribution in [0.5, 0.6) is 11.5 Å². The number of ether oxygens (including phenoxy) is 2. The van der Waals surface area contributed by atoms with Gasteiger partial charge in [0.2, 0.25) is 5.91 Å². The number of rotatable bonds is 6. The van der Waals surface area contributed by atoms with Gasteiger partial charge in [0.15, 0.2) is 5.03 Å². The predicted octanol–water partition coefficient (Wildman–Crippen LogP) is 2.44. The van der Waals surface area contributed by atoms with Crippen molar-refractivity contribution in [2.24, 2.45) is 13.0 Å². The number of halogens is 1. The zero-order chi connectivity index (χ0) is 22.1. The summed E-state index contributed by atoms with van der Waals surface area (Å²) < 4.78 is 39.1. The van der Waals surface area contributed by atoms with Gasteiger partial charge < -0.3 is 19.4 Å². The van der Waals surface area contributed by atoms with E-state index >= 15 is 0 Å². The van der Waals surface area contributed by atoms with Gasteiger partial charge in [0.1, 0.15) is 17.3 Å². The molecule has 3 rings (SSSR count). The molecule has 2 aromatic rings. The molecule has 164 valence electrons. The van der Waals surface area contributed by atoms with Gasteiger partial charge in [-0.1, -0.05) is 11.6 Å². The summed E-state index contributed by atoms with van der Waals surface area (Å²) >= 11 is 6.16. The second kappa shape index (κ2) is 8.83. The van der Waals surface area contributed by atoms with Crippen molar-refractivity contribution >= 4 is 33.2 Å². The Morgan fingerprint density at radius 1 is 1.20 bits per heavy atom. The Hall–Kier alpha value is -2.30. The van der Waals surface area contributed by atoms with Gasteiger partial charge in [0.25, 0.3) is 10.0 Å². The van der Waals surface area contributed by atoms with E-state index in [4.69, 9.17) is 21.1 Å².